The van der Waals surface area contributed by atoms with Gasteiger partial charge in [-0.05, 0) is 39.2 Å². The van der Waals surface area contributed by atoms with Crippen LogP contribution in [0, 0.1) is 0 Å². The van der Waals surface area contributed by atoms with E-state index in [0.29, 0.717) is 12.8 Å². The Hall–Kier alpha value is -1.40. The molecule has 0 saturated heterocycles. The Labute approximate surface area is 118 Å². The molecule has 0 aromatic carbocycles. The van der Waals surface area contributed by atoms with Gasteiger partial charge in [0.15, 0.2) is 0 Å². The van der Waals surface area contributed by atoms with E-state index in [-0.39, 0.29) is 18.9 Å². The molecule has 0 saturated carbocycles. The van der Waals surface area contributed by atoms with Crippen LogP contribution in [0.5, 0.6) is 0 Å². The fraction of sp³-hybridized carbons (Fsp3) is 0.714. The Morgan fingerprint density at radius 1 is 1.10 bits per heavy atom. The van der Waals surface area contributed by atoms with Crippen LogP contribution in [0.2, 0.25) is 0 Å². The number of rotatable bonds is 0. The smallest absolute Gasteiger partial charge is 0.330 e. The lowest BCUT2D eigenvalue weighted by atomic mass is 10.1. The van der Waals surface area contributed by atoms with Gasteiger partial charge < -0.3 is 19.7 Å². The molecule has 1 heterocycles. The summed E-state index contributed by atoms with van der Waals surface area (Å²) >= 11 is 0. The van der Waals surface area contributed by atoms with Crippen LogP contribution in [-0.2, 0) is 19.1 Å². The highest BCUT2D eigenvalue weighted by Gasteiger charge is 2.20. The second kappa shape index (κ2) is 8.01. The number of esters is 2. The van der Waals surface area contributed by atoms with Crippen molar-refractivity contribution in [1.29, 1.82) is 0 Å². The zero-order chi connectivity index (χ0) is 15.1. The molecule has 114 valence electrons. The maximum absolute atomic E-state index is 11.5. The molecule has 20 heavy (non-hydrogen) atoms. The van der Waals surface area contributed by atoms with E-state index in [2.05, 4.69) is 0 Å². The third-order valence-electron chi connectivity index (χ3n) is 3.14. The highest BCUT2D eigenvalue weighted by atomic mass is 16.6. The second-order valence-corrected chi connectivity index (χ2v) is 5.05. The van der Waals surface area contributed by atoms with Crippen LogP contribution in [0.3, 0.4) is 0 Å². The topological polar surface area (TPSA) is 93.1 Å². The van der Waals surface area contributed by atoms with Crippen LogP contribution in [0.15, 0.2) is 12.2 Å². The first-order chi connectivity index (χ1) is 9.38. The van der Waals surface area contributed by atoms with Crippen molar-refractivity contribution in [1.82, 2.24) is 0 Å². The number of ether oxygens (including phenoxy) is 2. The predicted octanol–water partition coefficient (Wildman–Crippen LogP) is 0.702. The summed E-state index contributed by atoms with van der Waals surface area (Å²) in [4.78, 5) is 23.0. The lowest BCUT2D eigenvalue weighted by Gasteiger charge is -2.20. The van der Waals surface area contributed by atoms with E-state index >= 15 is 0 Å². The van der Waals surface area contributed by atoms with Crippen LogP contribution < -0.4 is 0 Å². The summed E-state index contributed by atoms with van der Waals surface area (Å²) in [6.45, 7) is 3.29. The first kappa shape index (κ1) is 16.7. The van der Waals surface area contributed by atoms with Crippen molar-refractivity contribution in [3.63, 3.8) is 0 Å². The SMILES string of the molecule is C[C@@H]1OC(=O)/C=C/[C@@H](O)CC[C@H](C)OC(=O)CC[C@@H]1O. The Morgan fingerprint density at radius 3 is 2.50 bits per heavy atom. The first-order valence-electron chi connectivity index (χ1n) is 6.83. The molecule has 1 aliphatic heterocycles. The molecule has 2 N–H and O–H groups in total. The monoisotopic (exact) mass is 286 g/mol. The number of hydrogen-bond acceptors (Lipinski definition) is 6. The van der Waals surface area contributed by atoms with Gasteiger partial charge in [0.05, 0.1) is 18.3 Å². The molecule has 0 aromatic rings. The van der Waals surface area contributed by atoms with Crippen molar-refractivity contribution in [3.8, 4) is 0 Å². The van der Waals surface area contributed by atoms with Gasteiger partial charge in [0, 0.05) is 12.5 Å². The number of aliphatic hydroxyl groups is 2. The lowest BCUT2D eigenvalue weighted by molar-refractivity contribution is -0.151. The quantitative estimate of drug-likeness (QED) is 0.637. The number of cyclic esters (lactones) is 2. The Balaban J connectivity index is 2.71. The number of hydrogen-bond donors (Lipinski definition) is 2. The average Bonchev–Trinajstić information content (AvgIpc) is 2.39. The molecule has 0 spiro atoms. The van der Waals surface area contributed by atoms with Gasteiger partial charge in [0.2, 0.25) is 0 Å². The van der Waals surface area contributed by atoms with Crippen molar-refractivity contribution in [2.45, 2.75) is 63.9 Å². The van der Waals surface area contributed by atoms with Gasteiger partial charge in [-0.3, -0.25) is 4.79 Å². The van der Waals surface area contributed by atoms with Crippen molar-refractivity contribution in [3.05, 3.63) is 12.2 Å². The van der Waals surface area contributed by atoms with Gasteiger partial charge >= 0.3 is 11.9 Å². The molecule has 0 aromatic heterocycles. The summed E-state index contributed by atoms with van der Waals surface area (Å²) in [5, 5.41) is 19.4. The summed E-state index contributed by atoms with van der Waals surface area (Å²) in [7, 11) is 0. The highest BCUT2D eigenvalue weighted by molar-refractivity contribution is 5.82. The van der Waals surface area contributed by atoms with Crippen molar-refractivity contribution < 1.29 is 29.3 Å². The molecule has 0 amide bonds. The van der Waals surface area contributed by atoms with E-state index < -0.39 is 30.3 Å². The van der Waals surface area contributed by atoms with Gasteiger partial charge in [0.1, 0.15) is 6.10 Å². The van der Waals surface area contributed by atoms with Gasteiger partial charge in [-0.1, -0.05) is 0 Å². The minimum atomic E-state index is -0.928. The zero-order valence-corrected chi connectivity index (χ0v) is 11.8. The molecular formula is C14H22O6. The maximum Gasteiger partial charge on any atom is 0.330 e. The average molecular weight is 286 g/mol. The molecule has 0 bridgehead atoms. The third-order valence-corrected chi connectivity index (χ3v) is 3.14. The first-order valence-corrected chi connectivity index (χ1v) is 6.83. The zero-order valence-electron chi connectivity index (χ0n) is 11.8. The highest BCUT2D eigenvalue weighted by Crippen LogP contribution is 2.12. The van der Waals surface area contributed by atoms with Crippen molar-refractivity contribution in [2.75, 3.05) is 0 Å². The largest absolute Gasteiger partial charge is 0.463 e. The van der Waals surface area contributed by atoms with Gasteiger partial charge in [-0.15, -0.1) is 0 Å². The summed E-state index contributed by atoms with van der Waals surface area (Å²) in [6, 6.07) is 0. The summed E-state index contributed by atoms with van der Waals surface area (Å²) in [5.41, 5.74) is 0. The minimum Gasteiger partial charge on any atom is -0.463 e. The summed E-state index contributed by atoms with van der Waals surface area (Å²) in [6.07, 6.45) is 0.833. The van der Waals surface area contributed by atoms with Crippen LogP contribution in [-0.4, -0.2) is 46.6 Å². The molecule has 6 nitrogen and oxygen atoms in total. The normalized spacial score (nSPS) is 35.6. The van der Waals surface area contributed by atoms with E-state index in [1.165, 1.54) is 6.08 Å². The number of aliphatic hydroxyl groups excluding tert-OH is 2. The van der Waals surface area contributed by atoms with E-state index in [9.17, 15) is 19.8 Å². The number of carbonyl (C=O) groups excluding carboxylic acids is 2. The fourth-order valence-electron chi connectivity index (χ4n) is 1.84. The Bertz CT molecular complexity index is 365. The van der Waals surface area contributed by atoms with Crippen LogP contribution in [0.4, 0.5) is 0 Å². The van der Waals surface area contributed by atoms with Gasteiger partial charge in [-0.2, -0.15) is 0 Å². The summed E-state index contributed by atoms with van der Waals surface area (Å²) in [5.74, 6) is -1.03. The molecule has 0 unspecified atom stereocenters. The Kier molecular flexibility index (Phi) is 6.67. The molecular weight excluding hydrogens is 264 g/mol. The predicted molar refractivity (Wildman–Crippen MR) is 70.7 cm³/mol. The second-order valence-electron chi connectivity index (χ2n) is 5.05. The van der Waals surface area contributed by atoms with E-state index in [4.69, 9.17) is 9.47 Å². The van der Waals surface area contributed by atoms with E-state index in [1.807, 2.05) is 0 Å². The lowest BCUT2D eigenvalue weighted by Crippen LogP contribution is -2.29. The fourth-order valence-corrected chi connectivity index (χ4v) is 1.84. The van der Waals surface area contributed by atoms with Gasteiger partial charge in [0.25, 0.3) is 0 Å². The summed E-state index contributed by atoms with van der Waals surface area (Å²) < 4.78 is 10.1. The maximum atomic E-state index is 11.5. The molecule has 0 radical (unpaired) electrons. The van der Waals surface area contributed by atoms with E-state index in [0.717, 1.165) is 6.08 Å². The standard InChI is InChI=1S/C14H22O6/c1-9-3-4-11(15)5-7-14(18)20-10(2)12(16)6-8-13(17)19-9/h5,7,9-12,15-16H,3-4,6,8H2,1-2H3/b7-5+/t9-,10-,11-,12-/m0/s1. The molecule has 6 heteroatoms. The third kappa shape index (κ3) is 6.16. The van der Waals surface area contributed by atoms with Crippen LogP contribution in [0.25, 0.3) is 0 Å². The molecule has 1 rings (SSSR count). The molecule has 1 aliphatic rings. The minimum absolute atomic E-state index is 0.0613. The Morgan fingerprint density at radius 2 is 1.80 bits per heavy atom. The van der Waals surface area contributed by atoms with Crippen molar-refractivity contribution in [2.24, 2.45) is 0 Å². The molecule has 4 atom stereocenters. The number of carbonyl (C=O) groups is 2. The van der Waals surface area contributed by atoms with Crippen molar-refractivity contribution >= 4 is 11.9 Å². The molecule has 0 aliphatic carbocycles. The van der Waals surface area contributed by atoms with E-state index in [1.54, 1.807) is 13.8 Å². The van der Waals surface area contributed by atoms with Crippen LogP contribution in [0.1, 0.15) is 39.5 Å². The van der Waals surface area contributed by atoms with Gasteiger partial charge in [-0.25, -0.2) is 4.79 Å². The van der Waals surface area contributed by atoms with Crippen LogP contribution >= 0.6 is 0 Å². The molecule has 0 fully saturated rings.